The zero-order valence-electron chi connectivity index (χ0n) is 7.69. The second-order valence-electron chi connectivity index (χ2n) is 2.79. The van der Waals surface area contributed by atoms with Crippen molar-refractivity contribution in [1.29, 1.82) is 0 Å². The highest BCUT2D eigenvalue weighted by Gasteiger charge is 2.21. The molecule has 0 aliphatic heterocycles. The molecule has 0 unspecified atom stereocenters. The summed E-state index contributed by atoms with van der Waals surface area (Å²) in [5.74, 6) is -0.396. The highest BCUT2D eigenvalue weighted by molar-refractivity contribution is 9.10. The van der Waals surface area contributed by atoms with E-state index in [4.69, 9.17) is 0 Å². The molecule has 78 valence electrons. The van der Waals surface area contributed by atoms with E-state index in [1.165, 1.54) is 19.1 Å². The molecule has 0 aliphatic rings. The predicted octanol–water partition coefficient (Wildman–Crippen LogP) is 2.37. The number of hydrogen-bond acceptors (Lipinski definition) is 4. The Bertz CT molecular complexity index is 456. The second kappa shape index (κ2) is 4.31. The van der Waals surface area contributed by atoms with E-state index in [1.54, 1.807) is 0 Å². The molecule has 0 bridgehead atoms. The van der Waals surface area contributed by atoms with E-state index in [-0.39, 0.29) is 16.8 Å². The molecule has 15 heavy (non-hydrogen) atoms. The normalized spacial score (nSPS) is 9.73. The van der Waals surface area contributed by atoms with Gasteiger partial charge in [-0.1, -0.05) is 15.9 Å². The minimum absolute atomic E-state index is 0.0409. The molecule has 0 heterocycles. The van der Waals surface area contributed by atoms with Crippen molar-refractivity contribution in [3.8, 4) is 0 Å². The monoisotopic (exact) mass is 271 g/mol. The van der Waals surface area contributed by atoms with Crippen LogP contribution < -0.4 is 0 Å². The van der Waals surface area contributed by atoms with E-state index in [1.807, 2.05) is 0 Å². The van der Waals surface area contributed by atoms with Crippen LogP contribution in [0.3, 0.4) is 0 Å². The van der Waals surface area contributed by atoms with Crippen molar-refractivity contribution in [2.75, 3.05) is 0 Å². The molecule has 0 spiro atoms. The molecule has 0 fully saturated rings. The third kappa shape index (κ3) is 2.10. The molecule has 1 rings (SSSR count). The van der Waals surface area contributed by atoms with Crippen LogP contribution in [0.1, 0.15) is 27.6 Å². The molecule has 1 aromatic carbocycles. The average molecular weight is 272 g/mol. The highest BCUT2D eigenvalue weighted by Crippen LogP contribution is 2.27. The molecule has 5 nitrogen and oxygen atoms in total. The third-order valence-electron chi connectivity index (χ3n) is 1.84. The summed E-state index contributed by atoms with van der Waals surface area (Å²) in [6.07, 6.45) is 0.319. The topological polar surface area (TPSA) is 77.3 Å². The van der Waals surface area contributed by atoms with Gasteiger partial charge in [0.1, 0.15) is 5.56 Å². The number of benzene rings is 1. The van der Waals surface area contributed by atoms with Crippen LogP contribution in [-0.4, -0.2) is 17.0 Å². The summed E-state index contributed by atoms with van der Waals surface area (Å²) in [6.45, 7) is 1.25. The third-order valence-corrected chi connectivity index (χ3v) is 2.50. The van der Waals surface area contributed by atoms with Crippen LogP contribution in [0, 0.1) is 10.1 Å². The number of ketones is 1. The molecule has 6 heteroatoms. The molecule has 0 radical (unpaired) electrons. The Morgan fingerprint density at radius 1 is 1.53 bits per heavy atom. The fourth-order valence-electron chi connectivity index (χ4n) is 1.22. The number of carbonyl (C=O) groups is 2. The lowest BCUT2D eigenvalue weighted by atomic mass is 10.0. The molecule has 0 aliphatic carbocycles. The first-order valence-corrected chi connectivity index (χ1v) is 4.71. The Morgan fingerprint density at radius 2 is 2.13 bits per heavy atom. The Morgan fingerprint density at radius 3 is 2.53 bits per heavy atom. The quantitative estimate of drug-likeness (QED) is 0.366. The number of Topliss-reactive ketones (excluding diaryl/α,β-unsaturated/α-hetero) is 1. The summed E-state index contributed by atoms with van der Waals surface area (Å²) in [7, 11) is 0. The van der Waals surface area contributed by atoms with Gasteiger partial charge in [0.15, 0.2) is 12.1 Å². The number of rotatable bonds is 3. The molecule has 1 aromatic rings. The van der Waals surface area contributed by atoms with E-state index in [0.29, 0.717) is 10.8 Å². The van der Waals surface area contributed by atoms with Crippen molar-refractivity contribution in [3.05, 3.63) is 37.8 Å². The Labute approximate surface area is 93.4 Å². The lowest BCUT2D eigenvalue weighted by Crippen LogP contribution is -2.04. The van der Waals surface area contributed by atoms with Crippen LogP contribution in [0.4, 0.5) is 5.69 Å². The van der Waals surface area contributed by atoms with E-state index in [0.717, 1.165) is 0 Å². The van der Waals surface area contributed by atoms with Crippen molar-refractivity contribution in [2.24, 2.45) is 0 Å². The van der Waals surface area contributed by atoms with Crippen LogP contribution in [0.5, 0.6) is 0 Å². The van der Waals surface area contributed by atoms with Crippen LogP contribution in [0.25, 0.3) is 0 Å². The van der Waals surface area contributed by atoms with Crippen LogP contribution in [0.2, 0.25) is 0 Å². The number of nitrogens with zero attached hydrogens (tertiary/aromatic N) is 1. The molecule has 0 aromatic heterocycles. The molecule has 0 amide bonds. The highest BCUT2D eigenvalue weighted by atomic mass is 79.9. The summed E-state index contributed by atoms with van der Waals surface area (Å²) in [6, 6.07) is 2.56. The van der Waals surface area contributed by atoms with Gasteiger partial charge in [0.25, 0.3) is 5.69 Å². The molecule has 0 saturated carbocycles. The van der Waals surface area contributed by atoms with Crippen LogP contribution in [0.15, 0.2) is 16.6 Å². The maximum Gasteiger partial charge on any atom is 0.280 e. The predicted molar refractivity (Wildman–Crippen MR) is 56.2 cm³/mol. The minimum Gasteiger partial charge on any atom is -0.298 e. The lowest BCUT2D eigenvalue weighted by Gasteiger charge is -2.03. The summed E-state index contributed by atoms with van der Waals surface area (Å²) < 4.78 is 0.378. The van der Waals surface area contributed by atoms with Crippen molar-refractivity contribution in [1.82, 2.24) is 0 Å². The SMILES string of the molecule is CC(=O)c1c(Br)ccc([N+](=O)[O-])c1C=O. The van der Waals surface area contributed by atoms with Gasteiger partial charge in [0.2, 0.25) is 0 Å². The second-order valence-corrected chi connectivity index (χ2v) is 3.64. The van der Waals surface area contributed by atoms with E-state index in [2.05, 4.69) is 15.9 Å². The van der Waals surface area contributed by atoms with Crippen LogP contribution >= 0.6 is 15.9 Å². The average Bonchev–Trinajstić information content (AvgIpc) is 2.15. The number of nitro groups is 1. The Kier molecular flexibility index (Phi) is 3.31. The summed E-state index contributed by atoms with van der Waals surface area (Å²) in [4.78, 5) is 31.8. The first-order valence-electron chi connectivity index (χ1n) is 3.92. The number of aldehydes is 1. The van der Waals surface area contributed by atoms with Gasteiger partial charge in [-0.25, -0.2) is 0 Å². The van der Waals surface area contributed by atoms with Crippen molar-refractivity contribution in [2.45, 2.75) is 6.92 Å². The van der Waals surface area contributed by atoms with Gasteiger partial charge in [0.05, 0.1) is 4.92 Å². The minimum atomic E-state index is -0.692. The molecule has 0 saturated heterocycles. The zero-order chi connectivity index (χ0) is 11.6. The lowest BCUT2D eigenvalue weighted by molar-refractivity contribution is -0.385. The summed E-state index contributed by atoms with van der Waals surface area (Å²) in [5.41, 5.74) is -0.514. The van der Waals surface area contributed by atoms with Gasteiger partial charge in [-0.05, 0) is 13.0 Å². The molecule has 0 atom stereocenters. The number of halogens is 1. The number of carbonyl (C=O) groups excluding carboxylic acids is 2. The first-order chi connectivity index (χ1) is 6.99. The van der Waals surface area contributed by atoms with Crippen LogP contribution in [-0.2, 0) is 0 Å². The van der Waals surface area contributed by atoms with Crippen molar-refractivity contribution >= 4 is 33.7 Å². The fraction of sp³-hybridized carbons (Fsp3) is 0.111. The smallest absolute Gasteiger partial charge is 0.280 e. The van der Waals surface area contributed by atoms with Crippen molar-refractivity contribution < 1.29 is 14.5 Å². The summed E-state index contributed by atoms with van der Waals surface area (Å²) >= 11 is 3.07. The van der Waals surface area contributed by atoms with E-state index >= 15 is 0 Å². The van der Waals surface area contributed by atoms with Gasteiger partial charge >= 0.3 is 0 Å². The number of hydrogen-bond donors (Lipinski definition) is 0. The van der Waals surface area contributed by atoms with Gasteiger partial charge in [-0.2, -0.15) is 0 Å². The largest absolute Gasteiger partial charge is 0.298 e. The van der Waals surface area contributed by atoms with Gasteiger partial charge in [0, 0.05) is 16.1 Å². The Hall–Kier alpha value is -1.56. The van der Waals surface area contributed by atoms with Crippen molar-refractivity contribution in [3.63, 3.8) is 0 Å². The van der Waals surface area contributed by atoms with E-state index in [9.17, 15) is 19.7 Å². The van der Waals surface area contributed by atoms with Gasteiger partial charge in [-0.3, -0.25) is 19.7 Å². The molecular formula is C9H6BrNO4. The maximum atomic E-state index is 11.2. The van der Waals surface area contributed by atoms with Gasteiger partial charge in [-0.15, -0.1) is 0 Å². The van der Waals surface area contributed by atoms with Gasteiger partial charge < -0.3 is 0 Å². The maximum absolute atomic E-state index is 11.2. The molecule has 0 N–H and O–H groups in total. The van der Waals surface area contributed by atoms with E-state index < -0.39 is 10.7 Å². The zero-order valence-corrected chi connectivity index (χ0v) is 9.28. The number of nitro benzene ring substituents is 1. The first kappa shape index (κ1) is 11.5. The fourth-order valence-corrected chi connectivity index (χ4v) is 1.84. The standard InChI is InChI=1S/C9H6BrNO4/c1-5(13)9-6(4-12)8(11(14)15)3-2-7(9)10/h2-4H,1H3. The Balaban J connectivity index is 3.61. The molecular weight excluding hydrogens is 266 g/mol. The summed E-state index contributed by atoms with van der Waals surface area (Å²) in [5, 5.41) is 10.6.